The van der Waals surface area contributed by atoms with Gasteiger partial charge in [-0.25, -0.2) is 22.1 Å². The predicted octanol–water partition coefficient (Wildman–Crippen LogP) is 6.44. The highest BCUT2D eigenvalue weighted by Crippen LogP contribution is 2.38. The molecule has 1 unspecified atom stereocenters. The lowest BCUT2D eigenvalue weighted by Gasteiger charge is -2.32. The van der Waals surface area contributed by atoms with Gasteiger partial charge in [-0.2, -0.15) is 0 Å². The van der Waals surface area contributed by atoms with Crippen LogP contribution in [-0.2, 0) is 10.0 Å². The van der Waals surface area contributed by atoms with Crippen molar-refractivity contribution in [3.63, 3.8) is 0 Å². The lowest BCUT2D eigenvalue weighted by atomic mass is 9.87. The summed E-state index contributed by atoms with van der Waals surface area (Å²) in [4.78, 5) is 26.2. The van der Waals surface area contributed by atoms with Gasteiger partial charge in [0.05, 0.1) is 16.5 Å². The predicted molar refractivity (Wildman–Crippen MR) is 180 cm³/mol. The molecule has 0 amide bonds. The van der Waals surface area contributed by atoms with Crippen LogP contribution in [0.2, 0.25) is 0 Å². The number of sulfonamides is 1. The number of fused-ring (bicyclic) bond motifs is 1. The number of halogens is 1. The number of pyridine rings is 1. The zero-order valence-electron chi connectivity index (χ0n) is 26.5. The summed E-state index contributed by atoms with van der Waals surface area (Å²) >= 11 is 0. The van der Waals surface area contributed by atoms with E-state index in [1.807, 2.05) is 13.0 Å². The molecule has 4 aromatic rings. The first-order chi connectivity index (χ1) is 22.6. The second kappa shape index (κ2) is 12.4. The van der Waals surface area contributed by atoms with E-state index in [1.165, 1.54) is 11.6 Å². The number of ether oxygens (including phenoxy) is 1. The summed E-state index contributed by atoms with van der Waals surface area (Å²) < 4.78 is 46.9. The van der Waals surface area contributed by atoms with Crippen molar-refractivity contribution in [2.75, 3.05) is 19.6 Å². The largest absolute Gasteiger partial charge is 0.436 e. The number of Topliss-reactive ketones (excluding diaryl/α,β-unsaturated/α-hetero) is 1. The van der Waals surface area contributed by atoms with Gasteiger partial charge in [0.15, 0.2) is 11.6 Å². The maximum absolute atomic E-state index is 14.1. The molecule has 11 heteroatoms. The molecule has 0 spiro atoms. The van der Waals surface area contributed by atoms with E-state index in [-0.39, 0.29) is 34.5 Å². The number of aryl methyl sites for hydroxylation is 2. The van der Waals surface area contributed by atoms with Crippen LogP contribution < -0.4 is 10.5 Å². The highest BCUT2D eigenvalue weighted by Gasteiger charge is 2.41. The number of H-pyrrole nitrogens is 1. The summed E-state index contributed by atoms with van der Waals surface area (Å²) in [5.74, 6) is -0.399. The van der Waals surface area contributed by atoms with Crippen molar-refractivity contribution in [2.24, 2.45) is 10.7 Å². The van der Waals surface area contributed by atoms with Crippen LogP contribution in [0.5, 0.6) is 11.6 Å². The Morgan fingerprint density at radius 3 is 2.47 bits per heavy atom. The number of piperidine rings is 1. The maximum Gasteiger partial charge on any atom is 0.219 e. The van der Waals surface area contributed by atoms with Gasteiger partial charge in [0.1, 0.15) is 0 Å². The van der Waals surface area contributed by atoms with Gasteiger partial charge >= 0.3 is 0 Å². The molecule has 244 valence electrons. The number of hydrogen-bond acceptors (Lipinski definition) is 7. The molecule has 7 rings (SSSR count). The number of aromatic nitrogens is 2. The van der Waals surface area contributed by atoms with Crippen molar-refractivity contribution >= 4 is 32.9 Å². The zero-order chi connectivity index (χ0) is 32.9. The first-order valence-electron chi connectivity index (χ1n) is 16.2. The second-order valence-corrected chi connectivity index (χ2v) is 15.1. The molecule has 47 heavy (non-hydrogen) atoms. The first kappa shape index (κ1) is 31.3. The number of para-hydroxylation sites is 1. The van der Waals surface area contributed by atoms with Crippen molar-refractivity contribution in [1.29, 1.82) is 0 Å². The number of allylic oxidation sites excluding steroid dienone is 2. The van der Waals surface area contributed by atoms with Crippen LogP contribution in [-0.4, -0.2) is 59.6 Å². The van der Waals surface area contributed by atoms with Gasteiger partial charge in [-0.05, 0) is 104 Å². The Hall–Kier alpha value is -4.35. The van der Waals surface area contributed by atoms with Crippen molar-refractivity contribution in [3.05, 3.63) is 99.8 Å². The summed E-state index contributed by atoms with van der Waals surface area (Å²) in [6.07, 6.45) is 6.95. The van der Waals surface area contributed by atoms with E-state index in [0.29, 0.717) is 43.0 Å². The standard InChI is InChI=1S/C36H38FN5O4S/c1-21-15-24-17-32(41-31(24)18-27(21)23-10-13-42(14-11-23)47(44,45)25-7-8-25)36(43)29-19-39-12-9-26(35(29)38)28-20-40-34(16-22(28)2)46-33-6-4-3-5-30(33)37/h3-6,15-20,23,25-26,41H,7-14,38H2,1-2H3. The van der Waals surface area contributed by atoms with Gasteiger partial charge in [-0.3, -0.25) is 9.79 Å². The average molecular weight is 656 g/mol. The molecule has 0 bridgehead atoms. The highest BCUT2D eigenvalue weighted by molar-refractivity contribution is 7.90. The summed E-state index contributed by atoms with van der Waals surface area (Å²) in [6, 6.07) is 14.0. The minimum absolute atomic E-state index is 0.0904. The van der Waals surface area contributed by atoms with Crippen LogP contribution in [0.25, 0.3) is 10.9 Å². The van der Waals surface area contributed by atoms with E-state index in [9.17, 15) is 17.6 Å². The monoisotopic (exact) mass is 655 g/mol. The summed E-state index contributed by atoms with van der Waals surface area (Å²) in [5, 5.41) is 0.743. The van der Waals surface area contributed by atoms with E-state index < -0.39 is 15.8 Å². The zero-order valence-corrected chi connectivity index (χ0v) is 27.3. The Morgan fingerprint density at radius 1 is 1.00 bits per heavy atom. The number of benzene rings is 2. The average Bonchev–Trinajstić information content (AvgIpc) is 3.87. The second-order valence-electron chi connectivity index (χ2n) is 12.9. The van der Waals surface area contributed by atoms with Gasteiger partial charge in [-0.1, -0.05) is 12.1 Å². The lowest BCUT2D eigenvalue weighted by molar-refractivity contribution is 0.103. The molecule has 1 aliphatic carbocycles. The summed E-state index contributed by atoms with van der Waals surface area (Å²) in [7, 11) is -3.16. The molecule has 2 aromatic carbocycles. The fourth-order valence-electron chi connectivity index (χ4n) is 6.91. The molecule has 1 saturated carbocycles. The number of carbonyl (C=O) groups excluding carboxylic acids is 1. The van der Waals surface area contributed by atoms with Crippen molar-refractivity contribution in [2.45, 2.75) is 63.0 Å². The van der Waals surface area contributed by atoms with Crippen LogP contribution in [0.1, 0.15) is 76.7 Å². The molecular weight excluding hydrogens is 617 g/mol. The van der Waals surface area contributed by atoms with Gasteiger partial charge in [-0.15, -0.1) is 0 Å². The van der Waals surface area contributed by atoms with Gasteiger partial charge in [0, 0.05) is 60.6 Å². The molecule has 2 aliphatic heterocycles. The molecule has 1 atom stereocenters. The van der Waals surface area contributed by atoms with Crippen LogP contribution in [0, 0.1) is 19.7 Å². The number of ketones is 1. The highest BCUT2D eigenvalue weighted by atomic mass is 32.2. The molecule has 2 fully saturated rings. The molecule has 1 saturated heterocycles. The number of hydrogen-bond donors (Lipinski definition) is 2. The number of rotatable bonds is 8. The summed E-state index contributed by atoms with van der Waals surface area (Å²) in [6.45, 7) is 5.56. The van der Waals surface area contributed by atoms with E-state index >= 15 is 0 Å². The van der Waals surface area contributed by atoms with Gasteiger partial charge < -0.3 is 15.5 Å². The quantitative estimate of drug-likeness (QED) is 0.210. The third kappa shape index (κ3) is 6.09. The third-order valence-electron chi connectivity index (χ3n) is 9.70. The molecule has 4 heterocycles. The van der Waals surface area contributed by atoms with Crippen LogP contribution in [0.4, 0.5) is 4.39 Å². The van der Waals surface area contributed by atoms with Crippen molar-refractivity contribution in [3.8, 4) is 11.6 Å². The number of carbonyl (C=O) groups is 1. The Bertz CT molecular complexity index is 2040. The topological polar surface area (TPSA) is 131 Å². The molecule has 2 aromatic heterocycles. The van der Waals surface area contributed by atoms with Crippen LogP contribution in [0.15, 0.2) is 71.0 Å². The van der Waals surface area contributed by atoms with Gasteiger partial charge in [0.25, 0.3) is 0 Å². The Morgan fingerprint density at radius 2 is 1.74 bits per heavy atom. The SMILES string of the molecule is Cc1cc2cc(C(=O)C3=C(N)C(c4cnc(Oc5ccccc5F)cc4C)CCN=C3)[nH]c2cc1C1CCN(S(=O)(=O)C2CC2)CC1. The van der Waals surface area contributed by atoms with E-state index in [1.54, 1.807) is 41.0 Å². The van der Waals surface area contributed by atoms with E-state index in [0.717, 1.165) is 53.3 Å². The number of nitrogens with two attached hydrogens (primary N) is 1. The molecule has 3 aliphatic rings. The minimum Gasteiger partial charge on any atom is -0.436 e. The Kier molecular flexibility index (Phi) is 8.21. The Balaban J connectivity index is 1.12. The number of nitrogens with zero attached hydrogens (tertiary/aromatic N) is 3. The maximum atomic E-state index is 14.1. The first-order valence-corrected chi connectivity index (χ1v) is 17.7. The lowest BCUT2D eigenvalue weighted by Crippen LogP contribution is -2.39. The van der Waals surface area contributed by atoms with Crippen LogP contribution >= 0.6 is 0 Å². The normalized spacial score (nSPS) is 19.7. The van der Waals surface area contributed by atoms with Crippen LogP contribution in [0.3, 0.4) is 0 Å². The van der Waals surface area contributed by atoms with E-state index in [2.05, 4.69) is 34.0 Å². The van der Waals surface area contributed by atoms with Crippen molar-refractivity contribution in [1.82, 2.24) is 14.3 Å². The number of nitrogens with one attached hydrogen (secondary N) is 1. The Labute approximate surface area is 273 Å². The number of aromatic amines is 1. The summed E-state index contributed by atoms with van der Waals surface area (Å²) in [5.41, 5.74) is 12.8. The van der Waals surface area contributed by atoms with Gasteiger partial charge in [0.2, 0.25) is 21.7 Å². The molecule has 3 N–H and O–H groups in total. The fourth-order valence-corrected chi connectivity index (χ4v) is 8.78. The fraction of sp³-hybridized carbons (Fsp3) is 0.361. The smallest absolute Gasteiger partial charge is 0.219 e. The molecular formula is C36H38FN5O4S. The molecule has 0 radical (unpaired) electrons. The third-order valence-corrected chi connectivity index (χ3v) is 12.1. The van der Waals surface area contributed by atoms with Crippen molar-refractivity contribution < 1.29 is 22.3 Å². The minimum atomic E-state index is -3.16. The van der Waals surface area contributed by atoms with E-state index in [4.69, 9.17) is 10.5 Å². The molecule has 9 nitrogen and oxygen atoms in total. The number of aliphatic imine (C=N–C) groups is 1.